The predicted octanol–water partition coefficient (Wildman–Crippen LogP) is 4.39. The van der Waals surface area contributed by atoms with Crippen LogP contribution in [-0.4, -0.2) is 10.5 Å². The van der Waals surface area contributed by atoms with Crippen molar-refractivity contribution in [3.63, 3.8) is 0 Å². The van der Waals surface area contributed by atoms with Gasteiger partial charge in [-0.25, -0.2) is 4.39 Å². The minimum Gasteiger partial charge on any atom is -0.356 e. The van der Waals surface area contributed by atoms with Gasteiger partial charge in [-0.3, -0.25) is 4.79 Å². The van der Waals surface area contributed by atoms with E-state index >= 15 is 0 Å². The minimum atomic E-state index is -0.303. The second-order valence-corrected chi connectivity index (χ2v) is 5.53. The number of para-hydroxylation sites is 1. The van der Waals surface area contributed by atoms with Gasteiger partial charge in [-0.15, -0.1) is 0 Å². The molecule has 0 atom stereocenters. The summed E-state index contributed by atoms with van der Waals surface area (Å²) in [4.78, 5) is 12.5. The van der Waals surface area contributed by atoms with Crippen molar-refractivity contribution in [1.29, 1.82) is 0 Å². The molecule has 116 valence electrons. The average Bonchev–Trinajstić information content (AvgIpc) is 2.86. The first kappa shape index (κ1) is 15.0. The zero-order valence-electron chi connectivity index (χ0n) is 13.0. The molecule has 3 nitrogen and oxygen atoms in total. The standard InChI is InChI=1S/C19H17FN2O/c1-13-11-22(2)12-17(13)19(23)21-18-9-4-3-8-16(18)14-6-5-7-15(20)10-14/h3-12H,1-2H3,(H,21,23). The van der Waals surface area contributed by atoms with E-state index in [2.05, 4.69) is 5.32 Å². The number of carbonyl (C=O) groups is 1. The lowest BCUT2D eigenvalue weighted by molar-refractivity contribution is 0.102. The summed E-state index contributed by atoms with van der Waals surface area (Å²) in [6.07, 6.45) is 3.68. The summed E-state index contributed by atoms with van der Waals surface area (Å²) in [5, 5.41) is 2.92. The summed E-state index contributed by atoms with van der Waals surface area (Å²) >= 11 is 0. The maximum Gasteiger partial charge on any atom is 0.257 e. The van der Waals surface area contributed by atoms with E-state index < -0.39 is 0 Å². The van der Waals surface area contributed by atoms with Crippen LogP contribution in [0, 0.1) is 12.7 Å². The number of rotatable bonds is 3. The first-order chi connectivity index (χ1) is 11.0. The number of aryl methyl sites for hydroxylation is 2. The van der Waals surface area contributed by atoms with Gasteiger partial charge in [-0.05, 0) is 36.2 Å². The Morgan fingerprint density at radius 3 is 2.57 bits per heavy atom. The summed E-state index contributed by atoms with van der Waals surface area (Å²) in [6.45, 7) is 1.90. The van der Waals surface area contributed by atoms with Crippen LogP contribution in [0.2, 0.25) is 0 Å². The van der Waals surface area contributed by atoms with Gasteiger partial charge in [0.05, 0.1) is 5.56 Å². The zero-order chi connectivity index (χ0) is 16.4. The zero-order valence-corrected chi connectivity index (χ0v) is 13.0. The van der Waals surface area contributed by atoms with E-state index in [1.165, 1.54) is 12.1 Å². The molecule has 0 radical (unpaired) electrons. The maximum atomic E-state index is 13.5. The molecule has 1 N–H and O–H groups in total. The van der Waals surface area contributed by atoms with Crippen molar-refractivity contribution in [2.45, 2.75) is 6.92 Å². The van der Waals surface area contributed by atoms with Crippen molar-refractivity contribution in [2.24, 2.45) is 7.05 Å². The quantitative estimate of drug-likeness (QED) is 0.765. The van der Waals surface area contributed by atoms with E-state index in [1.807, 2.05) is 55.1 Å². The van der Waals surface area contributed by atoms with Gasteiger partial charge in [0, 0.05) is 30.7 Å². The molecule has 4 heteroatoms. The Labute approximate surface area is 134 Å². The first-order valence-corrected chi connectivity index (χ1v) is 7.33. The van der Waals surface area contributed by atoms with Crippen molar-refractivity contribution >= 4 is 11.6 Å². The lowest BCUT2D eigenvalue weighted by atomic mass is 10.0. The van der Waals surface area contributed by atoms with E-state index in [0.29, 0.717) is 11.3 Å². The van der Waals surface area contributed by atoms with Crippen LogP contribution in [-0.2, 0) is 7.05 Å². The van der Waals surface area contributed by atoms with Crippen molar-refractivity contribution < 1.29 is 9.18 Å². The highest BCUT2D eigenvalue weighted by Gasteiger charge is 2.13. The van der Waals surface area contributed by atoms with Gasteiger partial charge in [0.25, 0.3) is 5.91 Å². The van der Waals surface area contributed by atoms with Gasteiger partial charge in [0.15, 0.2) is 0 Å². The number of halogens is 1. The fourth-order valence-electron chi connectivity index (χ4n) is 2.64. The molecule has 3 aromatic rings. The minimum absolute atomic E-state index is 0.174. The summed E-state index contributed by atoms with van der Waals surface area (Å²) in [5.74, 6) is -0.477. The molecular weight excluding hydrogens is 291 g/mol. The van der Waals surface area contributed by atoms with Gasteiger partial charge in [-0.1, -0.05) is 30.3 Å². The smallest absolute Gasteiger partial charge is 0.257 e. The third kappa shape index (κ3) is 3.16. The Morgan fingerprint density at radius 1 is 1.09 bits per heavy atom. The first-order valence-electron chi connectivity index (χ1n) is 7.33. The van der Waals surface area contributed by atoms with Gasteiger partial charge in [-0.2, -0.15) is 0 Å². The van der Waals surface area contributed by atoms with E-state index in [-0.39, 0.29) is 11.7 Å². The largest absolute Gasteiger partial charge is 0.356 e. The Bertz CT molecular complexity index is 867. The molecule has 1 heterocycles. The van der Waals surface area contributed by atoms with Crippen LogP contribution < -0.4 is 5.32 Å². The lowest BCUT2D eigenvalue weighted by Gasteiger charge is -2.11. The van der Waals surface area contributed by atoms with Crippen molar-refractivity contribution in [2.75, 3.05) is 5.32 Å². The number of hydrogen-bond acceptors (Lipinski definition) is 1. The number of nitrogens with zero attached hydrogens (tertiary/aromatic N) is 1. The molecule has 0 aliphatic heterocycles. The van der Waals surface area contributed by atoms with Crippen LogP contribution in [0.15, 0.2) is 60.9 Å². The number of aromatic nitrogens is 1. The van der Waals surface area contributed by atoms with Crippen molar-refractivity contribution in [1.82, 2.24) is 4.57 Å². The number of carbonyl (C=O) groups excluding carboxylic acids is 1. The van der Waals surface area contributed by atoms with E-state index in [9.17, 15) is 9.18 Å². The molecule has 0 saturated heterocycles. The van der Waals surface area contributed by atoms with Crippen LogP contribution >= 0.6 is 0 Å². The highest BCUT2D eigenvalue weighted by atomic mass is 19.1. The topological polar surface area (TPSA) is 34.0 Å². The van der Waals surface area contributed by atoms with Gasteiger partial charge in [0.2, 0.25) is 0 Å². The van der Waals surface area contributed by atoms with Gasteiger partial charge < -0.3 is 9.88 Å². The third-order valence-corrected chi connectivity index (χ3v) is 3.71. The molecule has 1 aromatic heterocycles. The highest BCUT2D eigenvalue weighted by Crippen LogP contribution is 2.28. The highest BCUT2D eigenvalue weighted by molar-refractivity contribution is 6.07. The molecule has 23 heavy (non-hydrogen) atoms. The predicted molar refractivity (Wildman–Crippen MR) is 89.9 cm³/mol. The maximum absolute atomic E-state index is 13.5. The normalized spacial score (nSPS) is 10.6. The Kier molecular flexibility index (Phi) is 3.98. The second kappa shape index (κ2) is 6.08. The number of hydrogen-bond donors (Lipinski definition) is 1. The Hall–Kier alpha value is -2.88. The Morgan fingerprint density at radius 2 is 1.87 bits per heavy atom. The molecule has 1 amide bonds. The van der Waals surface area contributed by atoms with E-state index in [1.54, 1.807) is 12.3 Å². The number of benzene rings is 2. The summed E-state index contributed by atoms with van der Waals surface area (Å²) in [5.41, 5.74) is 3.71. The van der Waals surface area contributed by atoms with Gasteiger partial charge in [0.1, 0.15) is 5.82 Å². The van der Waals surface area contributed by atoms with Crippen molar-refractivity contribution in [3.05, 3.63) is 77.9 Å². The van der Waals surface area contributed by atoms with Crippen LogP contribution in [0.3, 0.4) is 0 Å². The summed E-state index contributed by atoms with van der Waals surface area (Å²) in [7, 11) is 1.88. The molecule has 0 aliphatic carbocycles. The Balaban J connectivity index is 1.95. The summed E-state index contributed by atoms with van der Waals surface area (Å²) < 4.78 is 15.3. The molecule has 0 saturated carbocycles. The molecule has 0 unspecified atom stereocenters. The average molecular weight is 308 g/mol. The van der Waals surface area contributed by atoms with Crippen LogP contribution in [0.1, 0.15) is 15.9 Å². The van der Waals surface area contributed by atoms with Crippen molar-refractivity contribution in [3.8, 4) is 11.1 Å². The molecule has 2 aromatic carbocycles. The molecule has 3 rings (SSSR count). The second-order valence-electron chi connectivity index (χ2n) is 5.53. The monoisotopic (exact) mass is 308 g/mol. The molecule has 0 spiro atoms. The fraction of sp³-hybridized carbons (Fsp3) is 0.105. The SMILES string of the molecule is Cc1cn(C)cc1C(=O)Nc1ccccc1-c1cccc(F)c1. The van der Waals surface area contributed by atoms with Crippen LogP contribution in [0.5, 0.6) is 0 Å². The van der Waals surface area contributed by atoms with Crippen LogP contribution in [0.4, 0.5) is 10.1 Å². The third-order valence-electron chi connectivity index (χ3n) is 3.71. The lowest BCUT2D eigenvalue weighted by Crippen LogP contribution is -2.13. The number of anilines is 1. The molecule has 0 aliphatic rings. The number of nitrogens with one attached hydrogen (secondary N) is 1. The summed E-state index contributed by atoms with van der Waals surface area (Å²) in [6, 6.07) is 13.7. The van der Waals surface area contributed by atoms with Crippen LogP contribution in [0.25, 0.3) is 11.1 Å². The van der Waals surface area contributed by atoms with Gasteiger partial charge >= 0.3 is 0 Å². The number of amides is 1. The van der Waals surface area contributed by atoms with E-state index in [0.717, 1.165) is 16.7 Å². The molecular formula is C19H17FN2O. The molecule has 0 bridgehead atoms. The molecule has 0 fully saturated rings. The fourth-order valence-corrected chi connectivity index (χ4v) is 2.64. The van der Waals surface area contributed by atoms with E-state index in [4.69, 9.17) is 0 Å².